The molecule has 1 N–H and O–H groups in total. The summed E-state index contributed by atoms with van der Waals surface area (Å²) in [6.07, 6.45) is 6.09. The van der Waals surface area contributed by atoms with Crippen molar-refractivity contribution in [1.82, 2.24) is 4.98 Å². The van der Waals surface area contributed by atoms with E-state index in [0.29, 0.717) is 24.5 Å². The third-order valence-electron chi connectivity index (χ3n) is 3.42. The number of aromatic nitrogens is 1. The first kappa shape index (κ1) is 13.6. The van der Waals surface area contributed by atoms with Crippen LogP contribution in [0.4, 0.5) is 5.82 Å². The summed E-state index contributed by atoms with van der Waals surface area (Å²) in [6.45, 7) is 4.81. The van der Waals surface area contributed by atoms with E-state index >= 15 is 0 Å². The predicted molar refractivity (Wildman–Crippen MR) is 75.1 cm³/mol. The van der Waals surface area contributed by atoms with Gasteiger partial charge in [-0.3, -0.25) is 0 Å². The average molecular weight is 257 g/mol. The maximum Gasteiger partial charge on any atom is 0.147 e. The summed E-state index contributed by atoms with van der Waals surface area (Å²) in [6, 6.07) is 4.19. The molecule has 0 fully saturated rings. The largest absolute Gasteiger partial charge is 0.395 e. The second kappa shape index (κ2) is 6.35. The van der Waals surface area contributed by atoms with Crippen LogP contribution in [0.3, 0.4) is 0 Å². The zero-order chi connectivity index (χ0) is 13.7. The fraction of sp³-hybridized carbons (Fsp3) is 0.467. The third kappa shape index (κ3) is 2.94. The minimum Gasteiger partial charge on any atom is -0.395 e. The molecule has 19 heavy (non-hydrogen) atoms. The molecule has 0 unspecified atom stereocenters. The van der Waals surface area contributed by atoms with E-state index in [1.54, 1.807) is 6.08 Å². The van der Waals surface area contributed by atoms with Crippen molar-refractivity contribution < 1.29 is 5.11 Å². The van der Waals surface area contributed by atoms with Crippen molar-refractivity contribution in [2.24, 2.45) is 0 Å². The number of rotatable bonds is 5. The third-order valence-corrected chi connectivity index (χ3v) is 3.42. The number of nitrogens with zero attached hydrogens (tertiary/aromatic N) is 3. The standard InChI is InChI=1S/C15H19N3O/c1-2-7-18(8-9-19)15-13(11-16)10-12-5-3-4-6-14(12)17-15/h2,10,19H,1,3-9H2. The number of aliphatic hydroxyl groups excluding tert-OH is 1. The maximum absolute atomic E-state index is 9.30. The lowest BCUT2D eigenvalue weighted by atomic mass is 9.95. The number of pyridine rings is 1. The average Bonchev–Trinajstić information content (AvgIpc) is 2.45. The normalized spacial score (nSPS) is 13.5. The van der Waals surface area contributed by atoms with Crippen molar-refractivity contribution in [3.63, 3.8) is 0 Å². The maximum atomic E-state index is 9.30. The van der Waals surface area contributed by atoms with Crippen molar-refractivity contribution in [2.45, 2.75) is 25.7 Å². The molecule has 1 aromatic heterocycles. The van der Waals surface area contributed by atoms with E-state index < -0.39 is 0 Å². The fourth-order valence-corrected chi connectivity index (χ4v) is 2.51. The Morgan fingerprint density at radius 2 is 2.26 bits per heavy atom. The first-order valence-electron chi connectivity index (χ1n) is 6.69. The molecule has 100 valence electrons. The number of anilines is 1. The minimum atomic E-state index is 0.0392. The Bertz CT molecular complexity index is 505. The summed E-state index contributed by atoms with van der Waals surface area (Å²) in [5.74, 6) is 0.678. The Labute approximate surface area is 114 Å². The summed E-state index contributed by atoms with van der Waals surface area (Å²) < 4.78 is 0. The topological polar surface area (TPSA) is 60.1 Å². The molecule has 0 spiro atoms. The van der Waals surface area contributed by atoms with E-state index in [9.17, 15) is 5.26 Å². The summed E-state index contributed by atoms with van der Waals surface area (Å²) in [7, 11) is 0. The van der Waals surface area contributed by atoms with Gasteiger partial charge in [0.25, 0.3) is 0 Å². The van der Waals surface area contributed by atoms with Crippen molar-refractivity contribution in [1.29, 1.82) is 5.26 Å². The number of fused-ring (bicyclic) bond motifs is 1. The molecule has 0 aliphatic heterocycles. The molecule has 1 heterocycles. The van der Waals surface area contributed by atoms with Crippen molar-refractivity contribution >= 4 is 5.82 Å². The van der Waals surface area contributed by atoms with Crippen molar-refractivity contribution in [2.75, 3.05) is 24.6 Å². The van der Waals surface area contributed by atoms with Gasteiger partial charge >= 0.3 is 0 Å². The molecule has 4 heteroatoms. The van der Waals surface area contributed by atoms with Gasteiger partial charge in [0.05, 0.1) is 12.2 Å². The molecule has 1 aliphatic carbocycles. The second-order valence-electron chi connectivity index (χ2n) is 4.74. The molecule has 0 bridgehead atoms. The molecule has 4 nitrogen and oxygen atoms in total. The van der Waals surface area contributed by atoms with E-state index in [0.717, 1.165) is 25.0 Å². The molecule has 0 saturated heterocycles. The van der Waals surface area contributed by atoms with Gasteiger partial charge in [0.1, 0.15) is 11.9 Å². The van der Waals surface area contributed by atoms with E-state index in [-0.39, 0.29) is 6.61 Å². The first-order chi connectivity index (χ1) is 9.30. The molecular weight excluding hydrogens is 238 g/mol. The van der Waals surface area contributed by atoms with E-state index in [1.165, 1.54) is 12.0 Å². The lowest BCUT2D eigenvalue weighted by molar-refractivity contribution is 0.302. The summed E-state index contributed by atoms with van der Waals surface area (Å²) >= 11 is 0. The van der Waals surface area contributed by atoms with Crippen molar-refractivity contribution in [3.05, 3.63) is 35.5 Å². The molecule has 2 rings (SSSR count). The van der Waals surface area contributed by atoms with Crippen LogP contribution in [0.25, 0.3) is 0 Å². The molecule has 0 amide bonds. The van der Waals surface area contributed by atoms with Crippen LogP contribution in [0, 0.1) is 11.3 Å². The van der Waals surface area contributed by atoms with Crippen LogP contribution in [0.5, 0.6) is 0 Å². The number of aryl methyl sites for hydroxylation is 2. The minimum absolute atomic E-state index is 0.0392. The summed E-state index contributed by atoms with van der Waals surface area (Å²) in [5.41, 5.74) is 2.90. The van der Waals surface area contributed by atoms with Crippen LogP contribution in [-0.4, -0.2) is 29.8 Å². The molecule has 1 aromatic rings. The van der Waals surface area contributed by atoms with Gasteiger partial charge in [-0.1, -0.05) is 6.08 Å². The van der Waals surface area contributed by atoms with Gasteiger partial charge in [0.15, 0.2) is 0 Å². The van der Waals surface area contributed by atoms with Crippen molar-refractivity contribution in [3.8, 4) is 6.07 Å². The zero-order valence-electron chi connectivity index (χ0n) is 11.1. The summed E-state index contributed by atoms with van der Waals surface area (Å²) in [4.78, 5) is 6.57. The Kier molecular flexibility index (Phi) is 4.53. The van der Waals surface area contributed by atoms with Gasteiger partial charge in [-0.15, -0.1) is 6.58 Å². The van der Waals surface area contributed by atoms with Crippen LogP contribution < -0.4 is 4.90 Å². The number of hydrogen-bond acceptors (Lipinski definition) is 4. The first-order valence-corrected chi connectivity index (χ1v) is 6.69. The molecule has 0 radical (unpaired) electrons. The second-order valence-corrected chi connectivity index (χ2v) is 4.74. The molecule has 0 saturated carbocycles. The van der Waals surface area contributed by atoms with Gasteiger partial charge in [0.2, 0.25) is 0 Å². The Hall–Kier alpha value is -1.86. The van der Waals surface area contributed by atoms with Gasteiger partial charge in [-0.2, -0.15) is 5.26 Å². The SMILES string of the molecule is C=CCN(CCO)c1nc2c(cc1C#N)CCCC2. The fourth-order valence-electron chi connectivity index (χ4n) is 2.51. The van der Waals surface area contributed by atoms with Gasteiger partial charge in [0, 0.05) is 18.8 Å². The Morgan fingerprint density at radius 3 is 2.95 bits per heavy atom. The molecule has 0 atom stereocenters. The number of nitriles is 1. The van der Waals surface area contributed by atoms with Crippen LogP contribution in [0.15, 0.2) is 18.7 Å². The van der Waals surface area contributed by atoms with Crippen LogP contribution >= 0.6 is 0 Å². The quantitative estimate of drug-likeness (QED) is 0.817. The number of hydrogen-bond donors (Lipinski definition) is 1. The van der Waals surface area contributed by atoms with E-state index in [4.69, 9.17) is 5.11 Å². The van der Waals surface area contributed by atoms with Gasteiger partial charge < -0.3 is 10.0 Å². The summed E-state index contributed by atoms with van der Waals surface area (Å²) in [5, 5.41) is 18.4. The highest BCUT2D eigenvalue weighted by atomic mass is 16.3. The lowest BCUT2D eigenvalue weighted by Gasteiger charge is -2.25. The molecular formula is C15H19N3O. The van der Waals surface area contributed by atoms with Gasteiger partial charge in [-0.05, 0) is 37.3 Å². The van der Waals surface area contributed by atoms with E-state index in [2.05, 4.69) is 17.6 Å². The Balaban J connectivity index is 2.42. The Morgan fingerprint density at radius 1 is 1.47 bits per heavy atom. The smallest absolute Gasteiger partial charge is 0.147 e. The van der Waals surface area contributed by atoms with E-state index in [1.807, 2.05) is 11.0 Å². The van der Waals surface area contributed by atoms with Gasteiger partial charge in [-0.25, -0.2) is 4.98 Å². The lowest BCUT2D eigenvalue weighted by Crippen LogP contribution is -2.29. The zero-order valence-corrected chi connectivity index (χ0v) is 11.1. The highest BCUT2D eigenvalue weighted by Gasteiger charge is 2.18. The monoisotopic (exact) mass is 257 g/mol. The van der Waals surface area contributed by atoms with Crippen LogP contribution in [0.2, 0.25) is 0 Å². The van der Waals surface area contributed by atoms with Crippen LogP contribution in [-0.2, 0) is 12.8 Å². The molecule has 1 aliphatic rings. The molecule has 0 aromatic carbocycles. The predicted octanol–water partition coefficient (Wildman–Crippen LogP) is 1.82. The highest BCUT2D eigenvalue weighted by molar-refractivity contribution is 5.56. The highest BCUT2D eigenvalue weighted by Crippen LogP contribution is 2.26. The van der Waals surface area contributed by atoms with Crippen LogP contribution in [0.1, 0.15) is 29.7 Å². The number of aliphatic hydroxyl groups is 1.